The first-order valence-electron chi connectivity index (χ1n) is 17.7. The zero-order valence-corrected chi connectivity index (χ0v) is 33.5. The van der Waals surface area contributed by atoms with Crippen LogP contribution in [-0.2, 0) is 32.0 Å². The Balaban J connectivity index is 0.000000321. The van der Waals surface area contributed by atoms with Crippen molar-refractivity contribution in [3.8, 4) is 11.5 Å². The van der Waals surface area contributed by atoms with Crippen LogP contribution in [0.1, 0.15) is 68.8 Å². The molecule has 1 unspecified atom stereocenters. The molecule has 0 aliphatic heterocycles. The average Bonchev–Trinajstić information content (AvgIpc) is 3.77. The number of amides is 2. The molecule has 14 nitrogen and oxygen atoms in total. The molecule has 0 bridgehead atoms. The highest BCUT2D eigenvalue weighted by Gasteiger charge is 2.32. The van der Waals surface area contributed by atoms with E-state index in [1.54, 1.807) is 19.1 Å². The van der Waals surface area contributed by atoms with Gasteiger partial charge in [-0.25, -0.2) is 0 Å². The SMILES string of the molecule is CCc1cc(C(=O)c2ccc(OC(F)(F)F)cc2)c(NC(=O)CNC(CC)C(=O)O)s1.CCc1cc(C(=O)c2ccc(OC(F)(F)F)cc2)c(NC(=O)CNCC(=O)O)s1. The van der Waals surface area contributed by atoms with E-state index >= 15 is 0 Å². The molecule has 2 aromatic carbocycles. The van der Waals surface area contributed by atoms with E-state index in [1.807, 2.05) is 13.8 Å². The first kappa shape index (κ1) is 48.5. The number of rotatable bonds is 19. The van der Waals surface area contributed by atoms with Crippen LogP contribution in [0.3, 0.4) is 0 Å². The number of hydrogen-bond acceptors (Lipinski definition) is 12. The van der Waals surface area contributed by atoms with Crippen molar-refractivity contribution in [2.75, 3.05) is 30.3 Å². The van der Waals surface area contributed by atoms with Crippen LogP contribution >= 0.6 is 22.7 Å². The van der Waals surface area contributed by atoms with Gasteiger partial charge in [0.15, 0.2) is 11.6 Å². The number of thiophene rings is 2. The van der Waals surface area contributed by atoms with Crippen LogP contribution in [0.5, 0.6) is 11.5 Å². The third-order valence-electron chi connectivity index (χ3n) is 7.74. The summed E-state index contributed by atoms with van der Waals surface area (Å²) in [6, 6.07) is 11.3. The van der Waals surface area contributed by atoms with Crippen molar-refractivity contribution < 1.29 is 74.8 Å². The predicted octanol–water partition coefficient (Wildman–Crippen LogP) is 6.88. The second-order valence-electron chi connectivity index (χ2n) is 12.2. The first-order valence-corrected chi connectivity index (χ1v) is 19.3. The zero-order valence-electron chi connectivity index (χ0n) is 31.8. The summed E-state index contributed by atoms with van der Waals surface area (Å²) in [5.41, 5.74) is 0.646. The Hall–Kier alpha value is -5.84. The van der Waals surface area contributed by atoms with E-state index in [-0.39, 0.29) is 45.3 Å². The minimum absolute atomic E-state index is 0.125. The van der Waals surface area contributed by atoms with Crippen molar-refractivity contribution in [2.24, 2.45) is 0 Å². The van der Waals surface area contributed by atoms with Crippen LogP contribution in [0, 0.1) is 0 Å². The zero-order chi connectivity index (χ0) is 44.8. The molecule has 60 heavy (non-hydrogen) atoms. The lowest BCUT2D eigenvalue weighted by molar-refractivity contribution is -0.275. The third-order valence-corrected chi connectivity index (χ3v) is 10.1. The van der Waals surface area contributed by atoms with Crippen LogP contribution in [-0.4, -0.2) is 83.9 Å². The van der Waals surface area contributed by atoms with Crippen LogP contribution in [0.15, 0.2) is 60.7 Å². The Morgan fingerprint density at radius 2 is 1.03 bits per heavy atom. The predicted molar refractivity (Wildman–Crippen MR) is 208 cm³/mol. The van der Waals surface area contributed by atoms with E-state index in [0.29, 0.717) is 19.3 Å². The number of nitrogens with one attached hydrogen (secondary N) is 4. The molecule has 0 aliphatic carbocycles. The van der Waals surface area contributed by atoms with Crippen LogP contribution in [0.25, 0.3) is 0 Å². The Morgan fingerprint density at radius 1 is 0.633 bits per heavy atom. The summed E-state index contributed by atoms with van der Waals surface area (Å²) >= 11 is 2.39. The van der Waals surface area contributed by atoms with Gasteiger partial charge in [-0.2, -0.15) is 0 Å². The summed E-state index contributed by atoms with van der Waals surface area (Å²) in [7, 11) is 0. The molecule has 4 rings (SSSR count). The minimum atomic E-state index is -4.84. The van der Waals surface area contributed by atoms with E-state index in [2.05, 4.69) is 30.7 Å². The van der Waals surface area contributed by atoms with Crippen LogP contribution in [0.2, 0.25) is 0 Å². The number of ether oxygens (including phenoxy) is 2. The summed E-state index contributed by atoms with van der Waals surface area (Å²) in [5, 5.41) is 28.4. The largest absolute Gasteiger partial charge is 0.573 e. The van der Waals surface area contributed by atoms with Gasteiger partial charge in [0.1, 0.15) is 27.5 Å². The molecule has 6 N–H and O–H groups in total. The number of hydrogen-bond donors (Lipinski definition) is 6. The minimum Gasteiger partial charge on any atom is -0.480 e. The van der Waals surface area contributed by atoms with E-state index in [9.17, 15) is 55.1 Å². The van der Waals surface area contributed by atoms with Crippen molar-refractivity contribution in [1.82, 2.24) is 10.6 Å². The van der Waals surface area contributed by atoms with Gasteiger partial charge in [-0.3, -0.25) is 39.4 Å². The molecule has 0 spiro atoms. The lowest BCUT2D eigenvalue weighted by Crippen LogP contribution is -2.40. The van der Waals surface area contributed by atoms with Gasteiger partial charge in [0.25, 0.3) is 0 Å². The maximum Gasteiger partial charge on any atom is 0.573 e. The van der Waals surface area contributed by atoms with E-state index < -0.39 is 72.1 Å². The topological polar surface area (TPSA) is 209 Å². The first-order chi connectivity index (χ1) is 28.1. The highest BCUT2D eigenvalue weighted by atomic mass is 32.1. The maximum absolute atomic E-state index is 12.9. The van der Waals surface area contributed by atoms with E-state index in [0.717, 1.165) is 34.0 Å². The number of alkyl halides is 6. The molecule has 22 heteroatoms. The highest BCUT2D eigenvalue weighted by molar-refractivity contribution is 7.17. The number of aliphatic carboxylic acids is 2. The van der Waals surface area contributed by atoms with Gasteiger partial charge < -0.3 is 30.3 Å². The fourth-order valence-electron chi connectivity index (χ4n) is 4.93. The van der Waals surface area contributed by atoms with Gasteiger partial charge in [-0.15, -0.1) is 49.0 Å². The summed E-state index contributed by atoms with van der Waals surface area (Å²) in [6.45, 7) is 4.48. The van der Waals surface area contributed by atoms with Gasteiger partial charge in [0.2, 0.25) is 11.8 Å². The Morgan fingerprint density at radius 3 is 1.37 bits per heavy atom. The number of ketones is 2. The second-order valence-corrected chi connectivity index (χ2v) is 14.5. The molecular weight excluding hydrogens is 851 g/mol. The van der Waals surface area contributed by atoms with Gasteiger partial charge in [0, 0.05) is 20.9 Å². The van der Waals surface area contributed by atoms with Crippen molar-refractivity contribution in [3.63, 3.8) is 0 Å². The van der Waals surface area contributed by atoms with Gasteiger partial charge in [-0.05, 0) is 79.9 Å². The van der Waals surface area contributed by atoms with Crippen molar-refractivity contribution in [1.29, 1.82) is 0 Å². The average molecular weight is 889 g/mol. The van der Waals surface area contributed by atoms with Crippen molar-refractivity contribution >= 4 is 68.0 Å². The fourth-order valence-corrected chi connectivity index (χ4v) is 6.95. The number of halogens is 6. The molecule has 0 fully saturated rings. The Kier molecular flexibility index (Phi) is 17.8. The summed E-state index contributed by atoms with van der Waals surface area (Å²) < 4.78 is 81.2. The highest BCUT2D eigenvalue weighted by Crippen LogP contribution is 2.33. The third kappa shape index (κ3) is 15.7. The standard InChI is InChI=1S/C20H21F3N2O5S.C18H17F3N2O5S/c1-3-13-9-14(17(27)11-5-7-12(8-6-11)30-20(21,22)23)18(31-13)25-16(26)10-24-15(4-2)19(28)29;1-2-12-7-13(17(29-12)23-14(24)8-22-9-15(25)26)16(27)10-3-5-11(6-4-10)28-18(19,20)21/h5-9,15,24H,3-4,10H2,1-2H3,(H,25,26)(H,28,29);3-7,22H,2,8-9H2,1H3,(H,23,24)(H,25,26). The molecule has 0 aliphatic rings. The van der Waals surface area contributed by atoms with Gasteiger partial charge in [0.05, 0.1) is 30.8 Å². The van der Waals surface area contributed by atoms with Crippen molar-refractivity contribution in [2.45, 2.75) is 58.8 Å². The molecular formula is C38H38F6N4O10S2. The molecule has 0 saturated heterocycles. The Bertz CT molecular complexity index is 2140. The molecule has 2 heterocycles. The molecule has 2 amide bonds. The number of carboxylic acids is 2. The quantitative estimate of drug-likeness (QED) is 0.0421. The normalized spacial score (nSPS) is 11.8. The fraction of sp³-hybridized carbons (Fsp3) is 0.316. The van der Waals surface area contributed by atoms with Crippen LogP contribution in [0.4, 0.5) is 36.3 Å². The lowest BCUT2D eigenvalue weighted by Gasteiger charge is -2.12. The van der Waals surface area contributed by atoms with E-state index in [1.165, 1.54) is 46.9 Å². The summed E-state index contributed by atoms with van der Waals surface area (Å²) in [5.74, 6) is -5.10. The number of benzene rings is 2. The second kappa shape index (κ2) is 22.0. The molecule has 0 radical (unpaired) electrons. The summed E-state index contributed by atoms with van der Waals surface area (Å²) in [4.78, 5) is 73.0. The smallest absolute Gasteiger partial charge is 0.480 e. The van der Waals surface area contributed by atoms with Crippen LogP contribution < -0.4 is 30.7 Å². The molecule has 324 valence electrons. The lowest BCUT2D eigenvalue weighted by atomic mass is 10.0. The number of aryl methyl sites for hydroxylation is 2. The monoisotopic (exact) mass is 888 g/mol. The Labute approximate surface area is 345 Å². The number of anilines is 2. The molecule has 2 aromatic heterocycles. The maximum atomic E-state index is 12.9. The van der Waals surface area contributed by atoms with Crippen molar-refractivity contribution in [3.05, 3.63) is 92.7 Å². The molecule has 1 atom stereocenters. The number of carboxylic acid groups (broad SMARTS) is 2. The molecule has 0 saturated carbocycles. The number of carbonyl (C=O) groups is 6. The summed E-state index contributed by atoms with van der Waals surface area (Å²) in [6.07, 6.45) is -8.16. The number of carbonyl (C=O) groups excluding carboxylic acids is 4. The van der Waals surface area contributed by atoms with Gasteiger partial charge in [-0.1, -0.05) is 20.8 Å². The molecule has 4 aromatic rings. The van der Waals surface area contributed by atoms with E-state index in [4.69, 9.17) is 10.2 Å². The van der Waals surface area contributed by atoms with Gasteiger partial charge >= 0.3 is 24.7 Å².